The number of hydrogen-bond donors (Lipinski definition) is 1. The highest BCUT2D eigenvalue weighted by atomic mass is 35.5. The Morgan fingerprint density at radius 1 is 1.09 bits per heavy atom. The van der Waals surface area contributed by atoms with Gasteiger partial charge < -0.3 is 14.5 Å². The van der Waals surface area contributed by atoms with Crippen LogP contribution in [-0.4, -0.2) is 57.7 Å². The van der Waals surface area contributed by atoms with E-state index < -0.39 is 11.8 Å². The van der Waals surface area contributed by atoms with E-state index in [1.807, 2.05) is 36.9 Å². The molecule has 3 heterocycles. The van der Waals surface area contributed by atoms with Crippen molar-refractivity contribution in [1.82, 2.24) is 24.9 Å². The van der Waals surface area contributed by atoms with Crippen molar-refractivity contribution in [3.8, 4) is 28.1 Å². The van der Waals surface area contributed by atoms with E-state index in [4.69, 9.17) is 21.1 Å². The maximum Gasteiger partial charge on any atom is 0.355 e. The van der Waals surface area contributed by atoms with Crippen molar-refractivity contribution >= 4 is 28.5 Å². The van der Waals surface area contributed by atoms with Gasteiger partial charge in [-0.25, -0.2) is 9.18 Å². The fraction of sp³-hybridized carbons (Fsp3) is 0.361. The second-order valence-corrected chi connectivity index (χ2v) is 13.0. The third-order valence-corrected chi connectivity index (χ3v) is 8.86. The van der Waals surface area contributed by atoms with Gasteiger partial charge in [0.05, 0.1) is 19.9 Å². The van der Waals surface area contributed by atoms with Crippen LogP contribution in [0, 0.1) is 24.6 Å². The molecule has 6 rings (SSSR count). The summed E-state index contributed by atoms with van der Waals surface area (Å²) in [7, 11) is 1.68. The number of aromatic amines is 1. The van der Waals surface area contributed by atoms with E-state index in [1.165, 1.54) is 17.7 Å². The molecule has 0 atom stereocenters. The van der Waals surface area contributed by atoms with Crippen molar-refractivity contribution in [2.24, 2.45) is 11.8 Å². The first kappa shape index (κ1) is 31.8. The molecule has 1 N–H and O–H groups in total. The number of rotatable bonds is 10. The van der Waals surface area contributed by atoms with Crippen LogP contribution in [0.4, 0.5) is 4.39 Å². The number of aryl methyl sites for hydroxylation is 1. The molecule has 8 nitrogen and oxygen atoms in total. The molecule has 0 bridgehead atoms. The van der Waals surface area contributed by atoms with Crippen LogP contribution in [0.2, 0.25) is 5.02 Å². The molecule has 1 aliphatic rings. The summed E-state index contributed by atoms with van der Waals surface area (Å²) in [6.07, 6.45) is 3.88. The highest BCUT2D eigenvalue weighted by Crippen LogP contribution is 2.37. The standard InChI is InChI=1S/C36H39ClFN5O3/c1-22(2)21-46-36(44)35-34(29-17-26(38)7-9-31(29)39-35)32-20-43(41-40-32)19-24-11-13-42(14-12-24)18-25-6-8-27(30(37)16-25)28-15-23(3)5-10-33(28)45-4/h5-10,15-17,20,22,24,39H,11-14,18-19,21H2,1-4H3. The zero-order chi connectivity index (χ0) is 32.4. The average molecular weight is 644 g/mol. The molecule has 1 fully saturated rings. The molecular formula is C36H39ClFN5O3. The van der Waals surface area contributed by atoms with Crippen LogP contribution in [0.1, 0.15) is 48.3 Å². The Hall–Kier alpha value is -4.21. The monoisotopic (exact) mass is 643 g/mol. The number of benzene rings is 3. The summed E-state index contributed by atoms with van der Waals surface area (Å²) in [4.78, 5) is 18.6. The largest absolute Gasteiger partial charge is 0.496 e. The summed E-state index contributed by atoms with van der Waals surface area (Å²) in [5.41, 5.74) is 6.21. The molecule has 0 radical (unpaired) electrons. The molecule has 1 saturated heterocycles. The number of methoxy groups -OCH3 is 1. The Bertz CT molecular complexity index is 1860. The van der Waals surface area contributed by atoms with E-state index in [2.05, 4.69) is 51.4 Å². The van der Waals surface area contributed by atoms with Crippen molar-refractivity contribution in [2.45, 2.75) is 46.7 Å². The third kappa shape index (κ3) is 6.95. The van der Waals surface area contributed by atoms with Gasteiger partial charge in [0.1, 0.15) is 23.0 Å². The first-order chi connectivity index (χ1) is 22.2. The second kappa shape index (κ2) is 13.6. The van der Waals surface area contributed by atoms with Gasteiger partial charge in [-0.05, 0) is 86.7 Å². The molecule has 5 aromatic rings. The number of aromatic nitrogens is 4. The van der Waals surface area contributed by atoms with Crippen molar-refractivity contribution in [3.05, 3.63) is 88.5 Å². The van der Waals surface area contributed by atoms with Crippen LogP contribution in [0.5, 0.6) is 5.75 Å². The summed E-state index contributed by atoms with van der Waals surface area (Å²) >= 11 is 6.77. The number of likely N-dealkylation sites (tertiary alicyclic amines) is 1. The Kier molecular flexibility index (Phi) is 9.42. The predicted molar refractivity (Wildman–Crippen MR) is 179 cm³/mol. The second-order valence-electron chi connectivity index (χ2n) is 12.6. The van der Waals surface area contributed by atoms with Gasteiger partial charge >= 0.3 is 5.97 Å². The van der Waals surface area contributed by atoms with Crippen molar-refractivity contribution in [1.29, 1.82) is 0 Å². The van der Waals surface area contributed by atoms with Gasteiger partial charge in [-0.3, -0.25) is 9.58 Å². The Balaban J connectivity index is 1.10. The van der Waals surface area contributed by atoms with Gasteiger partial charge in [0.2, 0.25) is 0 Å². The van der Waals surface area contributed by atoms with E-state index in [-0.39, 0.29) is 18.2 Å². The number of piperidine rings is 1. The number of H-pyrrole nitrogens is 1. The SMILES string of the molecule is COc1ccc(C)cc1-c1ccc(CN2CCC(Cn3cc(-c4c(C(=O)OCC(C)C)[nH]c5ccc(F)cc45)nn3)CC2)cc1Cl. The molecule has 3 aromatic carbocycles. The Morgan fingerprint density at radius 2 is 1.89 bits per heavy atom. The molecule has 0 saturated carbocycles. The maximum absolute atomic E-state index is 14.2. The normalized spacial score (nSPS) is 14.3. The van der Waals surface area contributed by atoms with Gasteiger partial charge in [0.15, 0.2) is 0 Å². The minimum atomic E-state index is -0.493. The van der Waals surface area contributed by atoms with Crippen molar-refractivity contribution in [2.75, 3.05) is 26.8 Å². The summed E-state index contributed by atoms with van der Waals surface area (Å²) in [6, 6.07) is 16.8. The Morgan fingerprint density at radius 3 is 2.63 bits per heavy atom. The van der Waals surface area contributed by atoms with E-state index in [0.29, 0.717) is 39.6 Å². The molecule has 0 aliphatic carbocycles. The van der Waals surface area contributed by atoms with Gasteiger partial charge in [0.25, 0.3) is 0 Å². The highest BCUT2D eigenvalue weighted by molar-refractivity contribution is 6.33. The van der Waals surface area contributed by atoms with Crippen LogP contribution in [0.3, 0.4) is 0 Å². The number of fused-ring (bicyclic) bond motifs is 1. The molecule has 10 heteroatoms. The topological polar surface area (TPSA) is 85.3 Å². The quantitative estimate of drug-likeness (QED) is 0.156. The molecule has 0 unspecified atom stereocenters. The number of nitrogens with one attached hydrogen (secondary N) is 1. The fourth-order valence-electron chi connectivity index (χ4n) is 6.16. The van der Waals surface area contributed by atoms with Crippen LogP contribution in [0.25, 0.3) is 33.3 Å². The zero-order valence-electron chi connectivity index (χ0n) is 26.6. The van der Waals surface area contributed by atoms with Crippen molar-refractivity contribution < 1.29 is 18.7 Å². The number of nitrogens with zero attached hydrogens (tertiary/aromatic N) is 4. The number of ether oxygens (including phenoxy) is 2. The molecule has 0 amide bonds. The van der Waals surface area contributed by atoms with E-state index in [9.17, 15) is 9.18 Å². The summed E-state index contributed by atoms with van der Waals surface area (Å²) in [6.45, 7) is 9.77. The van der Waals surface area contributed by atoms with E-state index in [1.54, 1.807) is 13.2 Å². The van der Waals surface area contributed by atoms with Crippen molar-refractivity contribution in [3.63, 3.8) is 0 Å². The number of carbonyl (C=O) groups is 1. The lowest BCUT2D eigenvalue weighted by Gasteiger charge is -2.32. The summed E-state index contributed by atoms with van der Waals surface area (Å²) in [5.74, 6) is 0.545. The maximum atomic E-state index is 14.2. The minimum Gasteiger partial charge on any atom is -0.496 e. The fourth-order valence-corrected chi connectivity index (χ4v) is 6.46. The lowest BCUT2D eigenvalue weighted by molar-refractivity contribution is 0.0454. The summed E-state index contributed by atoms with van der Waals surface area (Å²) < 4.78 is 27.1. The zero-order valence-corrected chi connectivity index (χ0v) is 27.4. The predicted octanol–water partition coefficient (Wildman–Crippen LogP) is 7.93. The molecule has 240 valence electrons. The third-order valence-electron chi connectivity index (χ3n) is 8.54. The van der Waals surface area contributed by atoms with Crippen LogP contribution >= 0.6 is 11.6 Å². The smallest absolute Gasteiger partial charge is 0.355 e. The number of esters is 1. The first-order valence-electron chi connectivity index (χ1n) is 15.7. The van der Waals surface area contributed by atoms with E-state index in [0.717, 1.165) is 54.9 Å². The number of halogens is 2. The highest BCUT2D eigenvalue weighted by Gasteiger charge is 2.25. The lowest BCUT2D eigenvalue weighted by Crippen LogP contribution is -2.34. The number of carbonyl (C=O) groups excluding carboxylic acids is 1. The van der Waals surface area contributed by atoms with Crippen LogP contribution in [-0.2, 0) is 17.8 Å². The van der Waals surface area contributed by atoms with Crippen LogP contribution in [0.15, 0.2) is 60.8 Å². The first-order valence-corrected chi connectivity index (χ1v) is 16.1. The van der Waals surface area contributed by atoms with Gasteiger partial charge in [-0.1, -0.05) is 54.4 Å². The summed E-state index contributed by atoms with van der Waals surface area (Å²) in [5, 5.41) is 10.1. The molecular weight excluding hydrogens is 605 g/mol. The minimum absolute atomic E-state index is 0.188. The lowest BCUT2D eigenvalue weighted by atomic mass is 9.96. The van der Waals surface area contributed by atoms with E-state index >= 15 is 0 Å². The average Bonchev–Trinajstić information content (AvgIpc) is 3.65. The Labute approximate surface area is 273 Å². The molecule has 1 aliphatic heterocycles. The van der Waals surface area contributed by atoms with Gasteiger partial charge in [-0.2, -0.15) is 0 Å². The molecule has 2 aromatic heterocycles. The molecule has 46 heavy (non-hydrogen) atoms. The van der Waals surface area contributed by atoms with Crippen LogP contribution < -0.4 is 4.74 Å². The van der Waals surface area contributed by atoms with Gasteiger partial charge in [-0.15, -0.1) is 5.10 Å². The number of hydrogen-bond acceptors (Lipinski definition) is 6. The molecule has 0 spiro atoms. The van der Waals surface area contributed by atoms with Gasteiger partial charge in [0, 0.05) is 45.7 Å².